The molecule has 100 valence electrons. The molecule has 0 atom stereocenters. The Morgan fingerprint density at radius 2 is 1.84 bits per heavy atom. The van der Waals surface area contributed by atoms with Crippen LogP contribution in [0.4, 0.5) is 0 Å². The van der Waals surface area contributed by atoms with Crippen LogP contribution in [0, 0.1) is 0 Å². The fraction of sp³-hybridized carbons (Fsp3) is 0.312. The Morgan fingerprint density at radius 3 is 2.58 bits per heavy atom. The highest BCUT2D eigenvalue weighted by Crippen LogP contribution is 2.15. The van der Waals surface area contributed by atoms with Crippen molar-refractivity contribution in [3.63, 3.8) is 0 Å². The third-order valence-corrected chi connectivity index (χ3v) is 3.09. The third-order valence-electron chi connectivity index (χ3n) is 3.09. The van der Waals surface area contributed by atoms with Crippen molar-refractivity contribution in [3.8, 4) is 0 Å². The van der Waals surface area contributed by atoms with E-state index in [1.165, 1.54) is 5.39 Å². The van der Waals surface area contributed by atoms with Crippen molar-refractivity contribution in [2.24, 2.45) is 0 Å². The maximum atomic E-state index is 12.1. The average Bonchev–Trinajstić information content (AvgIpc) is 2.42. The van der Waals surface area contributed by atoms with Crippen LogP contribution in [0.5, 0.6) is 0 Å². The van der Waals surface area contributed by atoms with E-state index < -0.39 is 0 Å². The van der Waals surface area contributed by atoms with Gasteiger partial charge >= 0.3 is 0 Å². The number of Topliss-reactive ketones (excluding diaryl/α,β-unsaturated/α-hetero) is 1. The van der Waals surface area contributed by atoms with Gasteiger partial charge in [0.25, 0.3) is 0 Å². The van der Waals surface area contributed by atoms with Gasteiger partial charge < -0.3 is 10.2 Å². The first-order valence-electron chi connectivity index (χ1n) is 6.54. The molecule has 0 amide bonds. The molecule has 2 aromatic rings. The summed E-state index contributed by atoms with van der Waals surface area (Å²) in [5.41, 5.74) is 0.774. The molecule has 0 bridgehead atoms. The van der Waals surface area contributed by atoms with Crippen molar-refractivity contribution in [2.75, 3.05) is 33.7 Å². The maximum absolute atomic E-state index is 12.1. The number of rotatable bonds is 6. The number of hydrogen-bond acceptors (Lipinski definition) is 3. The second kappa shape index (κ2) is 6.45. The number of likely N-dealkylation sites (N-methyl/N-ethyl adjacent to an activating group) is 1. The number of fused-ring (bicyclic) bond motifs is 1. The van der Waals surface area contributed by atoms with Crippen molar-refractivity contribution in [1.29, 1.82) is 0 Å². The van der Waals surface area contributed by atoms with Crippen molar-refractivity contribution in [1.82, 2.24) is 10.2 Å². The molecule has 0 unspecified atom stereocenters. The van der Waals surface area contributed by atoms with E-state index >= 15 is 0 Å². The Balaban J connectivity index is 1.97. The first-order valence-corrected chi connectivity index (χ1v) is 6.54. The number of carbonyl (C=O) groups is 1. The molecule has 3 nitrogen and oxygen atoms in total. The normalized spacial score (nSPS) is 11.1. The summed E-state index contributed by atoms with van der Waals surface area (Å²) in [4.78, 5) is 14.1. The highest BCUT2D eigenvalue weighted by molar-refractivity contribution is 6.01. The number of hydrogen-bond donors (Lipinski definition) is 1. The standard InChI is InChI=1S/C16H20N2O/c1-18(2)10-9-17-12-16(19)15-8-7-13-5-3-4-6-14(13)11-15/h3-8,11,17H,9-10,12H2,1-2H3. The summed E-state index contributed by atoms with van der Waals surface area (Å²) >= 11 is 0. The predicted octanol–water partition coefficient (Wildman–Crippen LogP) is 2.17. The second-order valence-corrected chi connectivity index (χ2v) is 4.97. The molecule has 0 aliphatic heterocycles. The van der Waals surface area contributed by atoms with Gasteiger partial charge in [-0.05, 0) is 30.9 Å². The molecule has 0 fully saturated rings. The molecule has 0 spiro atoms. The van der Waals surface area contributed by atoms with E-state index in [-0.39, 0.29) is 5.78 Å². The zero-order valence-corrected chi connectivity index (χ0v) is 11.5. The molecule has 0 saturated heterocycles. The number of benzene rings is 2. The Labute approximate surface area is 114 Å². The van der Waals surface area contributed by atoms with Gasteiger partial charge in [0.15, 0.2) is 5.78 Å². The Hall–Kier alpha value is -1.71. The van der Waals surface area contributed by atoms with Crippen molar-refractivity contribution >= 4 is 16.6 Å². The Morgan fingerprint density at radius 1 is 1.11 bits per heavy atom. The predicted molar refractivity (Wildman–Crippen MR) is 79.7 cm³/mol. The Kier molecular flexibility index (Phi) is 4.66. The highest BCUT2D eigenvalue weighted by Gasteiger charge is 2.05. The molecule has 0 radical (unpaired) electrons. The molecule has 0 saturated carbocycles. The number of ketones is 1. The quantitative estimate of drug-likeness (QED) is 0.635. The monoisotopic (exact) mass is 256 g/mol. The second-order valence-electron chi connectivity index (χ2n) is 4.97. The summed E-state index contributed by atoms with van der Waals surface area (Å²) in [5.74, 6) is 0.143. The molecule has 0 aliphatic carbocycles. The van der Waals surface area contributed by atoms with E-state index in [9.17, 15) is 4.79 Å². The van der Waals surface area contributed by atoms with E-state index in [0.717, 1.165) is 24.0 Å². The molecule has 19 heavy (non-hydrogen) atoms. The zero-order valence-electron chi connectivity index (χ0n) is 11.5. The van der Waals surface area contributed by atoms with E-state index in [1.807, 2.05) is 50.5 Å². The molecule has 0 aromatic heterocycles. The molecule has 0 aliphatic rings. The van der Waals surface area contributed by atoms with Gasteiger partial charge in [-0.15, -0.1) is 0 Å². The fourth-order valence-electron chi connectivity index (χ4n) is 1.97. The van der Waals surface area contributed by atoms with Crippen LogP contribution in [0.25, 0.3) is 10.8 Å². The molecule has 2 aromatic carbocycles. The molecule has 0 heterocycles. The third kappa shape index (κ3) is 3.88. The van der Waals surface area contributed by atoms with Crippen LogP contribution in [0.15, 0.2) is 42.5 Å². The van der Waals surface area contributed by atoms with Gasteiger partial charge in [0.2, 0.25) is 0 Å². The van der Waals surface area contributed by atoms with Gasteiger partial charge in [-0.1, -0.05) is 36.4 Å². The molecular formula is C16H20N2O. The number of nitrogens with one attached hydrogen (secondary N) is 1. The van der Waals surface area contributed by atoms with Crippen LogP contribution in [-0.2, 0) is 0 Å². The lowest BCUT2D eigenvalue weighted by Gasteiger charge is -2.10. The summed E-state index contributed by atoms with van der Waals surface area (Å²) in [7, 11) is 4.04. The van der Waals surface area contributed by atoms with Crippen molar-refractivity contribution < 1.29 is 4.79 Å². The van der Waals surface area contributed by atoms with Gasteiger partial charge in [-0.3, -0.25) is 4.79 Å². The van der Waals surface area contributed by atoms with Gasteiger partial charge in [-0.25, -0.2) is 0 Å². The SMILES string of the molecule is CN(C)CCNCC(=O)c1ccc2ccccc2c1. The molecule has 1 N–H and O–H groups in total. The van der Waals surface area contributed by atoms with Crippen molar-refractivity contribution in [3.05, 3.63) is 48.0 Å². The van der Waals surface area contributed by atoms with Crippen molar-refractivity contribution in [2.45, 2.75) is 0 Å². The van der Waals surface area contributed by atoms with Crippen LogP contribution in [0.1, 0.15) is 10.4 Å². The Bertz CT molecular complexity index is 563. The van der Waals surface area contributed by atoms with Crippen LogP contribution in [0.3, 0.4) is 0 Å². The van der Waals surface area contributed by atoms with Crippen LogP contribution in [-0.4, -0.2) is 44.4 Å². The van der Waals surface area contributed by atoms with Gasteiger partial charge in [0, 0.05) is 18.7 Å². The van der Waals surface area contributed by atoms with Crippen LogP contribution in [0.2, 0.25) is 0 Å². The summed E-state index contributed by atoms with van der Waals surface area (Å²) in [6, 6.07) is 14.0. The summed E-state index contributed by atoms with van der Waals surface area (Å²) in [5, 5.41) is 5.45. The van der Waals surface area contributed by atoms with E-state index in [2.05, 4.69) is 16.3 Å². The lowest BCUT2D eigenvalue weighted by molar-refractivity contribution is 0.0991. The summed E-state index contributed by atoms with van der Waals surface area (Å²) < 4.78 is 0. The zero-order chi connectivity index (χ0) is 13.7. The van der Waals surface area contributed by atoms with Crippen LogP contribution >= 0.6 is 0 Å². The number of nitrogens with zero attached hydrogens (tertiary/aromatic N) is 1. The summed E-state index contributed by atoms with van der Waals surface area (Å²) in [6.07, 6.45) is 0. The topological polar surface area (TPSA) is 32.3 Å². The largest absolute Gasteiger partial charge is 0.308 e. The van der Waals surface area contributed by atoms with Crippen LogP contribution < -0.4 is 5.32 Å². The average molecular weight is 256 g/mol. The van der Waals surface area contributed by atoms with E-state index in [4.69, 9.17) is 0 Å². The molecule has 3 heteroatoms. The van der Waals surface area contributed by atoms with Gasteiger partial charge in [0.1, 0.15) is 0 Å². The van der Waals surface area contributed by atoms with E-state index in [0.29, 0.717) is 6.54 Å². The van der Waals surface area contributed by atoms with E-state index in [1.54, 1.807) is 0 Å². The highest BCUT2D eigenvalue weighted by atomic mass is 16.1. The van der Waals surface area contributed by atoms with Gasteiger partial charge in [-0.2, -0.15) is 0 Å². The number of carbonyl (C=O) groups excluding carboxylic acids is 1. The smallest absolute Gasteiger partial charge is 0.176 e. The first kappa shape index (κ1) is 13.7. The maximum Gasteiger partial charge on any atom is 0.176 e. The fourth-order valence-corrected chi connectivity index (χ4v) is 1.97. The molecular weight excluding hydrogens is 236 g/mol. The lowest BCUT2D eigenvalue weighted by Crippen LogP contribution is -2.30. The minimum Gasteiger partial charge on any atom is -0.308 e. The minimum atomic E-state index is 0.143. The minimum absolute atomic E-state index is 0.143. The lowest BCUT2D eigenvalue weighted by atomic mass is 10.0. The summed E-state index contributed by atoms with van der Waals surface area (Å²) in [6.45, 7) is 2.16. The molecule has 2 rings (SSSR count). The van der Waals surface area contributed by atoms with Gasteiger partial charge in [0.05, 0.1) is 6.54 Å². The first-order chi connectivity index (χ1) is 9.16.